The predicted octanol–water partition coefficient (Wildman–Crippen LogP) is 3.88. The molecule has 2 aromatic carbocycles. The Hall–Kier alpha value is -2.34. The topological polar surface area (TPSA) is 49.3 Å². The molecule has 0 heterocycles. The highest BCUT2D eigenvalue weighted by atomic mass is 19.4. The number of rotatable bonds is 5. The lowest BCUT2D eigenvalue weighted by Crippen LogP contribution is -2.42. The van der Waals surface area contributed by atoms with Crippen LogP contribution in [0.4, 0.5) is 13.2 Å². The molecular formula is C20H20F3NO2. The average molecular weight is 363 g/mol. The van der Waals surface area contributed by atoms with Crippen molar-refractivity contribution in [3.63, 3.8) is 0 Å². The van der Waals surface area contributed by atoms with Crippen LogP contribution in [0.3, 0.4) is 0 Å². The summed E-state index contributed by atoms with van der Waals surface area (Å²) in [6.07, 6.45) is -4.07. The van der Waals surface area contributed by atoms with Gasteiger partial charge in [0.25, 0.3) is 0 Å². The van der Waals surface area contributed by atoms with Crippen LogP contribution in [0.2, 0.25) is 0 Å². The third kappa shape index (κ3) is 4.25. The van der Waals surface area contributed by atoms with Crippen LogP contribution >= 0.6 is 0 Å². The van der Waals surface area contributed by atoms with E-state index in [1.54, 1.807) is 0 Å². The Labute approximate surface area is 149 Å². The summed E-state index contributed by atoms with van der Waals surface area (Å²) in [5, 5.41) is 12.4. The molecule has 138 valence electrons. The molecule has 1 amide bonds. The van der Waals surface area contributed by atoms with Crippen molar-refractivity contribution >= 4 is 5.91 Å². The molecule has 0 aliphatic heterocycles. The normalized spacial score (nSPS) is 20.9. The minimum absolute atomic E-state index is 0.0436. The SMILES string of the molecule is O=C(Cc1ccccc1C(F)(F)F)N[C@H](c1ccccc1)C1CC(O)C1. The molecule has 0 bridgehead atoms. The van der Waals surface area contributed by atoms with Gasteiger partial charge in [0.2, 0.25) is 5.91 Å². The Morgan fingerprint density at radius 2 is 1.69 bits per heavy atom. The maximum absolute atomic E-state index is 13.1. The van der Waals surface area contributed by atoms with Gasteiger partial charge in [-0.25, -0.2) is 0 Å². The van der Waals surface area contributed by atoms with Crippen LogP contribution in [0.15, 0.2) is 54.6 Å². The fourth-order valence-electron chi connectivity index (χ4n) is 3.38. The van der Waals surface area contributed by atoms with Crippen molar-refractivity contribution < 1.29 is 23.1 Å². The van der Waals surface area contributed by atoms with Gasteiger partial charge in [-0.1, -0.05) is 48.5 Å². The number of halogens is 3. The maximum Gasteiger partial charge on any atom is 0.416 e. The maximum atomic E-state index is 13.1. The van der Waals surface area contributed by atoms with Crippen LogP contribution in [0.1, 0.15) is 35.6 Å². The first-order valence-corrected chi connectivity index (χ1v) is 8.52. The molecule has 1 fully saturated rings. The van der Waals surface area contributed by atoms with Crippen molar-refractivity contribution in [1.82, 2.24) is 5.32 Å². The fraction of sp³-hybridized carbons (Fsp3) is 0.350. The van der Waals surface area contributed by atoms with Crippen molar-refractivity contribution in [3.8, 4) is 0 Å². The van der Waals surface area contributed by atoms with Gasteiger partial charge in [-0.05, 0) is 36.0 Å². The van der Waals surface area contributed by atoms with E-state index in [2.05, 4.69) is 5.32 Å². The number of alkyl halides is 3. The highest BCUT2D eigenvalue weighted by molar-refractivity contribution is 5.79. The Kier molecular flexibility index (Phi) is 5.32. The van der Waals surface area contributed by atoms with E-state index < -0.39 is 17.6 Å². The van der Waals surface area contributed by atoms with Gasteiger partial charge >= 0.3 is 6.18 Å². The van der Waals surface area contributed by atoms with Crippen molar-refractivity contribution in [1.29, 1.82) is 0 Å². The van der Waals surface area contributed by atoms with Crippen LogP contribution < -0.4 is 5.32 Å². The number of carbonyl (C=O) groups is 1. The standard InChI is InChI=1S/C20H20F3NO2/c21-20(22,23)17-9-5-4-8-14(17)12-18(26)24-19(15-10-16(25)11-15)13-6-2-1-3-7-13/h1-9,15-16,19,25H,10-12H2,(H,24,26)/t15?,16?,19-/m1/s1. The fourth-order valence-corrected chi connectivity index (χ4v) is 3.38. The van der Waals surface area contributed by atoms with E-state index in [9.17, 15) is 23.1 Å². The first-order chi connectivity index (χ1) is 12.3. The van der Waals surface area contributed by atoms with Crippen LogP contribution in [0.25, 0.3) is 0 Å². The second-order valence-electron chi connectivity index (χ2n) is 6.67. The minimum atomic E-state index is -4.49. The molecule has 1 saturated carbocycles. The summed E-state index contributed by atoms with van der Waals surface area (Å²) in [5.74, 6) is -0.383. The van der Waals surface area contributed by atoms with Crippen LogP contribution in [-0.2, 0) is 17.4 Å². The van der Waals surface area contributed by atoms with E-state index in [-0.39, 0.29) is 30.0 Å². The van der Waals surface area contributed by atoms with E-state index in [4.69, 9.17) is 0 Å². The average Bonchev–Trinajstić information content (AvgIpc) is 2.57. The monoisotopic (exact) mass is 363 g/mol. The molecule has 0 radical (unpaired) electrons. The van der Waals surface area contributed by atoms with Gasteiger partial charge in [0.05, 0.1) is 24.1 Å². The Bertz CT molecular complexity index is 755. The number of nitrogens with one attached hydrogen (secondary N) is 1. The van der Waals surface area contributed by atoms with E-state index >= 15 is 0 Å². The molecule has 3 rings (SSSR count). The smallest absolute Gasteiger partial charge is 0.393 e. The highest BCUT2D eigenvalue weighted by Crippen LogP contribution is 2.38. The summed E-state index contributed by atoms with van der Waals surface area (Å²) < 4.78 is 39.3. The molecule has 1 atom stereocenters. The summed E-state index contributed by atoms with van der Waals surface area (Å²) >= 11 is 0. The first kappa shape index (κ1) is 18.5. The second kappa shape index (κ2) is 7.50. The number of amides is 1. The van der Waals surface area contributed by atoms with Crippen LogP contribution in [0.5, 0.6) is 0 Å². The van der Waals surface area contributed by atoms with Gasteiger partial charge in [0, 0.05) is 0 Å². The van der Waals surface area contributed by atoms with E-state index in [0.29, 0.717) is 12.8 Å². The number of benzene rings is 2. The number of hydrogen-bond donors (Lipinski definition) is 2. The van der Waals surface area contributed by atoms with Gasteiger partial charge in [-0.2, -0.15) is 13.2 Å². The summed E-state index contributed by atoms with van der Waals surface area (Å²) in [7, 11) is 0. The molecule has 2 aromatic rings. The molecule has 6 heteroatoms. The van der Waals surface area contributed by atoms with Crippen LogP contribution in [-0.4, -0.2) is 17.1 Å². The van der Waals surface area contributed by atoms with Gasteiger partial charge in [-0.3, -0.25) is 4.79 Å². The predicted molar refractivity (Wildman–Crippen MR) is 91.2 cm³/mol. The number of hydrogen-bond acceptors (Lipinski definition) is 2. The van der Waals surface area contributed by atoms with E-state index in [1.807, 2.05) is 30.3 Å². The molecule has 2 N–H and O–H groups in total. The quantitative estimate of drug-likeness (QED) is 0.847. The number of carbonyl (C=O) groups excluding carboxylic acids is 1. The number of aliphatic hydroxyl groups is 1. The largest absolute Gasteiger partial charge is 0.416 e. The molecular weight excluding hydrogens is 343 g/mol. The zero-order valence-electron chi connectivity index (χ0n) is 14.0. The molecule has 1 aliphatic carbocycles. The molecule has 26 heavy (non-hydrogen) atoms. The lowest BCUT2D eigenvalue weighted by molar-refractivity contribution is -0.138. The molecule has 0 saturated heterocycles. The molecule has 0 unspecified atom stereocenters. The lowest BCUT2D eigenvalue weighted by Gasteiger charge is -2.38. The summed E-state index contributed by atoms with van der Waals surface area (Å²) in [5.41, 5.74) is 0.0605. The zero-order chi connectivity index (χ0) is 18.7. The minimum Gasteiger partial charge on any atom is -0.393 e. The van der Waals surface area contributed by atoms with Crippen molar-refractivity contribution in [2.75, 3.05) is 0 Å². The number of aliphatic hydroxyl groups excluding tert-OH is 1. The summed E-state index contributed by atoms with van der Waals surface area (Å²) in [6.45, 7) is 0. The first-order valence-electron chi connectivity index (χ1n) is 8.52. The van der Waals surface area contributed by atoms with Crippen LogP contribution in [0, 0.1) is 5.92 Å². The Morgan fingerprint density at radius 1 is 1.08 bits per heavy atom. The van der Waals surface area contributed by atoms with Gasteiger partial charge in [0.1, 0.15) is 0 Å². The summed E-state index contributed by atoms with van der Waals surface area (Å²) in [6, 6.07) is 14.1. The van der Waals surface area contributed by atoms with Gasteiger partial charge in [-0.15, -0.1) is 0 Å². The molecule has 0 spiro atoms. The summed E-state index contributed by atoms with van der Waals surface area (Å²) in [4.78, 5) is 12.5. The van der Waals surface area contributed by atoms with E-state index in [0.717, 1.165) is 11.6 Å². The van der Waals surface area contributed by atoms with Gasteiger partial charge < -0.3 is 10.4 Å². The van der Waals surface area contributed by atoms with Gasteiger partial charge in [0.15, 0.2) is 0 Å². The zero-order valence-corrected chi connectivity index (χ0v) is 14.0. The molecule has 3 nitrogen and oxygen atoms in total. The lowest BCUT2D eigenvalue weighted by atomic mass is 9.75. The molecule has 0 aromatic heterocycles. The third-order valence-corrected chi connectivity index (χ3v) is 4.77. The second-order valence-corrected chi connectivity index (χ2v) is 6.67. The Balaban J connectivity index is 1.75. The van der Waals surface area contributed by atoms with Crippen molar-refractivity contribution in [2.45, 2.75) is 37.6 Å². The Morgan fingerprint density at radius 3 is 2.31 bits per heavy atom. The highest BCUT2D eigenvalue weighted by Gasteiger charge is 2.36. The van der Waals surface area contributed by atoms with Crippen molar-refractivity contribution in [3.05, 3.63) is 71.3 Å². The van der Waals surface area contributed by atoms with Crippen molar-refractivity contribution in [2.24, 2.45) is 5.92 Å². The third-order valence-electron chi connectivity index (χ3n) is 4.77. The molecule has 1 aliphatic rings. The van der Waals surface area contributed by atoms with E-state index in [1.165, 1.54) is 18.2 Å².